The van der Waals surface area contributed by atoms with E-state index in [4.69, 9.17) is 9.47 Å². The van der Waals surface area contributed by atoms with E-state index < -0.39 is 77.8 Å². The van der Waals surface area contributed by atoms with Crippen LogP contribution in [0.3, 0.4) is 0 Å². The number of Topliss-reactive ketones (excluding diaryl/α,β-unsaturated/α-hetero) is 1. The van der Waals surface area contributed by atoms with Gasteiger partial charge in [-0.25, -0.2) is 9.59 Å². The van der Waals surface area contributed by atoms with E-state index in [1.165, 1.54) is 4.90 Å². The molecule has 1 aliphatic carbocycles. The molecule has 0 bridgehead atoms. The molecule has 14 nitrogen and oxygen atoms in total. The number of carbonyl (C=O) groups excluding carboxylic acids is 7. The number of hydrogen-bond donors (Lipinski definition) is 4. The Bertz CT molecular complexity index is 1520. The molecule has 4 atom stereocenters. The lowest BCUT2D eigenvalue weighted by Crippen LogP contribution is -2.57. The Hall–Kier alpha value is -4.75. The maximum absolute atomic E-state index is 13.7. The van der Waals surface area contributed by atoms with Crippen molar-refractivity contribution in [2.24, 2.45) is 11.3 Å². The summed E-state index contributed by atoms with van der Waals surface area (Å²) in [4.78, 5) is 94.3. The molecule has 3 aliphatic rings. The second-order valence-electron chi connectivity index (χ2n) is 15.4. The van der Waals surface area contributed by atoms with Crippen LogP contribution in [0, 0.1) is 11.3 Å². The maximum Gasteiger partial charge on any atom is 0.407 e. The lowest BCUT2D eigenvalue weighted by Gasteiger charge is -2.30. The van der Waals surface area contributed by atoms with Gasteiger partial charge in [0.25, 0.3) is 5.91 Å². The quantitative estimate of drug-likeness (QED) is 0.160. The third kappa shape index (κ3) is 11.6. The number of ketones is 1. The van der Waals surface area contributed by atoms with Crippen LogP contribution in [0.4, 0.5) is 4.79 Å². The number of rotatable bonds is 10. The summed E-state index contributed by atoms with van der Waals surface area (Å²) < 4.78 is 10.8. The number of nitrogens with one attached hydrogen (secondary N) is 4. The average Bonchev–Trinajstić information content (AvgIpc) is 3.66. The second kappa shape index (κ2) is 17.6. The van der Waals surface area contributed by atoms with E-state index in [1.54, 1.807) is 51.1 Å². The van der Waals surface area contributed by atoms with Gasteiger partial charge in [-0.3, -0.25) is 24.0 Å². The number of carbonyl (C=O) groups is 7. The smallest absolute Gasteiger partial charge is 0.407 e. The molecule has 52 heavy (non-hydrogen) atoms. The Morgan fingerprint density at radius 2 is 1.73 bits per heavy atom. The van der Waals surface area contributed by atoms with Crippen molar-refractivity contribution in [1.82, 2.24) is 26.2 Å². The highest BCUT2D eigenvalue weighted by molar-refractivity contribution is 6.38. The highest BCUT2D eigenvalue weighted by Crippen LogP contribution is 2.53. The van der Waals surface area contributed by atoms with Gasteiger partial charge in [0.15, 0.2) is 6.04 Å². The van der Waals surface area contributed by atoms with Crippen LogP contribution in [0.25, 0.3) is 0 Å². The fraction of sp³-hybridized carbons (Fsp3) is 0.605. The minimum absolute atomic E-state index is 0.112. The minimum Gasteiger partial charge on any atom is -0.458 e. The van der Waals surface area contributed by atoms with E-state index >= 15 is 0 Å². The zero-order valence-corrected chi connectivity index (χ0v) is 30.8. The number of benzene rings is 1. The summed E-state index contributed by atoms with van der Waals surface area (Å²) in [5.74, 6) is -4.27. The number of fused-ring (bicyclic) bond motifs is 1. The number of ether oxygens (including phenoxy) is 2. The van der Waals surface area contributed by atoms with Crippen molar-refractivity contribution in [2.75, 3.05) is 19.7 Å². The van der Waals surface area contributed by atoms with Crippen LogP contribution in [-0.4, -0.2) is 89.8 Å². The Kier molecular flexibility index (Phi) is 13.6. The molecule has 284 valence electrons. The van der Waals surface area contributed by atoms with Crippen molar-refractivity contribution in [1.29, 1.82) is 0 Å². The Morgan fingerprint density at radius 3 is 2.38 bits per heavy atom. The van der Waals surface area contributed by atoms with Gasteiger partial charge in [0.05, 0.1) is 19.2 Å². The van der Waals surface area contributed by atoms with Gasteiger partial charge >= 0.3 is 12.1 Å². The Balaban J connectivity index is 1.46. The molecule has 5 amide bonds. The van der Waals surface area contributed by atoms with Crippen LogP contribution < -0.4 is 21.3 Å². The molecular weight excluding hydrogens is 670 g/mol. The molecule has 1 unspecified atom stereocenters. The van der Waals surface area contributed by atoms with Crippen LogP contribution in [0.5, 0.6) is 0 Å². The zero-order chi connectivity index (χ0) is 38.1. The first-order valence-electron chi connectivity index (χ1n) is 18.2. The zero-order valence-electron chi connectivity index (χ0n) is 30.8. The molecule has 4 N–H and O–H groups in total. The number of esters is 1. The van der Waals surface area contributed by atoms with Crippen LogP contribution in [0.1, 0.15) is 97.6 Å². The van der Waals surface area contributed by atoms with Gasteiger partial charge in [-0.05, 0) is 89.0 Å². The summed E-state index contributed by atoms with van der Waals surface area (Å²) in [6, 6.07) is 4.34. The molecule has 0 aromatic heterocycles. The van der Waals surface area contributed by atoms with Crippen molar-refractivity contribution in [3.05, 3.63) is 48.0 Å². The van der Waals surface area contributed by atoms with Gasteiger partial charge < -0.3 is 35.6 Å². The predicted octanol–water partition coefficient (Wildman–Crippen LogP) is 3.01. The van der Waals surface area contributed by atoms with Crippen LogP contribution in [-0.2, 0) is 38.2 Å². The summed E-state index contributed by atoms with van der Waals surface area (Å²) in [5.41, 5.74) is -0.638. The third-order valence-corrected chi connectivity index (χ3v) is 9.26. The molecule has 14 heteroatoms. The second-order valence-corrected chi connectivity index (χ2v) is 15.4. The maximum atomic E-state index is 13.7. The van der Waals surface area contributed by atoms with E-state index in [0.717, 1.165) is 12.8 Å². The summed E-state index contributed by atoms with van der Waals surface area (Å²) in [6.07, 6.45) is 7.31. The summed E-state index contributed by atoms with van der Waals surface area (Å²) in [5, 5.41) is 10.4. The van der Waals surface area contributed by atoms with Crippen molar-refractivity contribution >= 4 is 41.5 Å². The number of alkyl carbamates (subject to hydrolysis) is 1. The molecule has 1 saturated carbocycles. The molecule has 1 aromatic carbocycles. The normalized spacial score (nSPS) is 23.0. The fourth-order valence-corrected chi connectivity index (χ4v) is 6.38. The number of hydrogen-bond acceptors (Lipinski definition) is 9. The van der Waals surface area contributed by atoms with E-state index in [0.29, 0.717) is 37.7 Å². The summed E-state index contributed by atoms with van der Waals surface area (Å²) in [6.45, 7) is 8.79. The standard InChI is InChI=1S/C38H53N5O9/c1-24(2)23-51-36(50)41-26-15-10-7-11-17-38(18-19-38)21-27(40-32(46)28-16-12-20-43(28)34(26)48)31(45)33(47)39-22-29(44)42-30(25-13-8-6-9-14-25)35(49)52-37(3,4)5/h6-9,11,13-14,24,26-28,30H,10,12,15-23H2,1-5H3,(H,39,47)(H,40,46)(H,41,50)(H,42,44)/b11-7+/t26-,27?,28-,30-/m0/s1. The molecule has 1 spiro atoms. The number of allylic oxidation sites excluding steroid dienone is 2. The van der Waals surface area contributed by atoms with Gasteiger partial charge in [0.2, 0.25) is 23.5 Å². The largest absolute Gasteiger partial charge is 0.458 e. The minimum atomic E-state index is -1.20. The van der Waals surface area contributed by atoms with E-state index in [-0.39, 0.29) is 30.9 Å². The molecule has 2 heterocycles. The van der Waals surface area contributed by atoms with Gasteiger partial charge in [-0.2, -0.15) is 0 Å². The lowest BCUT2D eigenvalue weighted by molar-refractivity contribution is -0.158. The van der Waals surface area contributed by atoms with Crippen molar-refractivity contribution < 1.29 is 43.0 Å². The Morgan fingerprint density at radius 1 is 1.02 bits per heavy atom. The molecular formula is C38H53N5O9. The van der Waals surface area contributed by atoms with Crippen molar-refractivity contribution in [3.63, 3.8) is 0 Å². The van der Waals surface area contributed by atoms with Gasteiger partial charge in [-0.1, -0.05) is 56.3 Å². The van der Waals surface area contributed by atoms with Crippen LogP contribution >= 0.6 is 0 Å². The fourth-order valence-electron chi connectivity index (χ4n) is 6.38. The highest BCUT2D eigenvalue weighted by atomic mass is 16.6. The van der Waals surface area contributed by atoms with Gasteiger partial charge in [0, 0.05) is 6.54 Å². The first-order valence-corrected chi connectivity index (χ1v) is 18.2. The van der Waals surface area contributed by atoms with E-state index in [9.17, 15) is 33.6 Å². The van der Waals surface area contributed by atoms with Gasteiger partial charge in [-0.15, -0.1) is 0 Å². The predicted molar refractivity (Wildman–Crippen MR) is 190 cm³/mol. The molecule has 2 fully saturated rings. The molecule has 0 radical (unpaired) electrons. The third-order valence-electron chi connectivity index (χ3n) is 9.26. The van der Waals surface area contributed by atoms with Crippen molar-refractivity contribution in [2.45, 2.75) is 116 Å². The first-order chi connectivity index (χ1) is 24.6. The van der Waals surface area contributed by atoms with Crippen LogP contribution in [0.15, 0.2) is 42.5 Å². The van der Waals surface area contributed by atoms with E-state index in [1.807, 2.05) is 26.0 Å². The monoisotopic (exact) mass is 723 g/mol. The molecule has 2 aliphatic heterocycles. The number of nitrogens with zero attached hydrogens (tertiary/aromatic N) is 1. The van der Waals surface area contributed by atoms with Gasteiger partial charge in [0.1, 0.15) is 17.7 Å². The SMILES string of the molecule is CC(C)COC(=O)N[C@H]1CC/C=C/CC2(CC2)CC(C(=O)C(=O)NCC(=O)N[C@H](C(=O)OC(C)(C)C)c2ccccc2)NC(=O)[C@@H]2CCCN2C1=O. The van der Waals surface area contributed by atoms with Crippen molar-refractivity contribution in [3.8, 4) is 0 Å². The first kappa shape index (κ1) is 40.0. The Labute approximate surface area is 305 Å². The summed E-state index contributed by atoms with van der Waals surface area (Å²) in [7, 11) is 0. The van der Waals surface area contributed by atoms with Crippen LogP contribution in [0.2, 0.25) is 0 Å². The average molecular weight is 724 g/mol. The topological polar surface area (TPSA) is 189 Å². The molecule has 1 aromatic rings. The molecule has 1 saturated heterocycles. The highest BCUT2D eigenvalue weighted by Gasteiger charge is 2.47. The summed E-state index contributed by atoms with van der Waals surface area (Å²) >= 11 is 0. The lowest BCUT2D eigenvalue weighted by atomic mass is 9.90. The number of amides is 5. The van der Waals surface area contributed by atoms with E-state index in [2.05, 4.69) is 21.3 Å². The molecule has 4 rings (SSSR count).